The van der Waals surface area contributed by atoms with Crippen molar-refractivity contribution in [3.05, 3.63) is 78.0 Å². The van der Waals surface area contributed by atoms with Gasteiger partial charge in [0.25, 0.3) is 5.91 Å². The van der Waals surface area contributed by atoms with E-state index in [1.54, 1.807) is 67.7 Å². The topological polar surface area (TPSA) is 122 Å². The fourth-order valence-corrected chi connectivity index (χ4v) is 3.97. The first-order valence-corrected chi connectivity index (χ1v) is 12.4. The predicted octanol–water partition coefficient (Wildman–Crippen LogP) is 5.41. The van der Waals surface area contributed by atoms with Crippen LogP contribution in [0.4, 0.5) is 11.5 Å². The number of hydrogen-bond donors (Lipinski definition) is 1. The standard InChI is InChI=1S/C29H30N6O5/c1-7-23(21-14-24(37-5)25(38-6)15-22(21)30-4)40-20-11-12-26(32-17-20)33-29(36)27-28(39-8-2)18(3)35(34-27)19-10-9-13-31-16-19/h7,9-17H,4,8H2,1-3,5-6H3,(H,32,33,36)/b23-7+. The lowest BCUT2D eigenvalue weighted by atomic mass is 10.1. The number of pyridine rings is 2. The van der Waals surface area contributed by atoms with Crippen LogP contribution in [0.15, 0.2) is 66.1 Å². The van der Waals surface area contributed by atoms with Crippen LogP contribution in [0.1, 0.15) is 35.6 Å². The number of aliphatic imine (C=N–C) groups is 1. The van der Waals surface area contributed by atoms with Crippen LogP contribution in [0.25, 0.3) is 11.4 Å². The summed E-state index contributed by atoms with van der Waals surface area (Å²) >= 11 is 0. The highest BCUT2D eigenvalue weighted by Crippen LogP contribution is 2.38. The summed E-state index contributed by atoms with van der Waals surface area (Å²) in [5, 5.41) is 7.26. The van der Waals surface area contributed by atoms with Crippen LogP contribution in [0.2, 0.25) is 0 Å². The first kappa shape index (κ1) is 27.8. The van der Waals surface area contributed by atoms with Crippen LogP contribution in [-0.4, -0.2) is 53.2 Å². The van der Waals surface area contributed by atoms with Crippen molar-refractivity contribution in [2.24, 2.45) is 4.99 Å². The predicted molar refractivity (Wildman–Crippen MR) is 152 cm³/mol. The van der Waals surface area contributed by atoms with Gasteiger partial charge in [0, 0.05) is 17.8 Å². The number of allylic oxidation sites excluding steroid dienone is 1. The third-order valence-electron chi connectivity index (χ3n) is 5.86. The lowest BCUT2D eigenvalue weighted by molar-refractivity contribution is 0.101. The summed E-state index contributed by atoms with van der Waals surface area (Å²) in [6, 6.07) is 10.5. The Morgan fingerprint density at radius 3 is 2.52 bits per heavy atom. The Labute approximate surface area is 232 Å². The molecule has 206 valence electrons. The van der Waals surface area contributed by atoms with Gasteiger partial charge in [0.05, 0.1) is 50.3 Å². The van der Waals surface area contributed by atoms with Crippen LogP contribution < -0.4 is 24.3 Å². The van der Waals surface area contributed by atoms with E-state index in [2.05, 4.69) is 32.1 Å². The maximum absolute atomic E-state index is 13.2. The molecule has 11 heteroatoms. The largest absolute Gasteiger partial charge is 0.493 e. The number of nitrogens with zero attached hydrogens (tertiary/aromatic N) is 5. The zero-order valence-electron chi connectivity index (χ0n) is 23.0. The molecule has 0 fully saturated rings. The molecule has 3 aromatic heterocycles. The molecule has 4 aromatic rings. The lowest BCUT2D eigenvalue weighted by Crippen LogP contribution is -2.15. The number of nitrogens with one attached hydrogen (secondary N) is 1. The van der Waals surface area contributed by atoms with Gasteiger partial charge in [-0.25, -0.2) is 9.67 Å². The summed E-state index contributed by atoms with van der Waals surface area (Å²) in [6.07, 6.45) is 6.62. The fourth-order valence-electron chi connectivity index (χ4n) is 3.97. The molecule has 0 radical (unpaired) electrons. The molecule has 0 unspecified atom stereocenters. The van der Waals surface area contributed by atoms with Crippen LogP contribution in [0.3, 0.4) is 0 Å². The van der Waals surface area contributed by atoms with Crippen molar-refractivity contribution in [3.8, 4) is 28.7 Å². The van der Waals surface area contributed by atoms with E-state index in [1.165, 1.54) is 6.20 Å². The summed E-state index contributed by atoms with van der Waals surface area (Å²) in [5.41, 5.74) is 2.76. The molecule has 3 heterocycles. The molecule has 1 N–H and O–H groups in total. The number of rotatable bonds is 11. The molecule has 0 aliphatic rings. The number of anilines is 1. The van der Waals surface area contributed by atoms with E-state index >= 15 is 0 Å². The first-order chi connectivity index (χ1) is 19.4. The van der Waals surface area contributed by atoms with Gasteiger partial charge >= 0.3 is 0 Å². The van der Waals surface area contributed by atoms with E-state index in [0.717, 1.165) is 0 Å². The van der Waals surface area contributed by atoms with E-state index in [9.17, 15) is 4.79 Å². The highest BCUT2D eigenvalue weighted by atomic mass is 16.5. The summed E-state index contributed by atoms with van der Waals surface area (Å²) in [7, 11) is 3.10. The van der Waals surface area contributed by atoms with Gasteiger partial charge in [-0.15, -0.1) is 0 Å². The number of ether oxygens (including phenoxy) is 4. The number of benzene rings is 1. The van der Waals surface area contributed by atoms with E-state index in [0.29, 0.717) is 63.8 Å². The monoisotopic (exact) mass is 542 g/mol. The van der Waals surface area contributed by atoms with E-state index in [1.807, 2.05) is 26.8 Å². The molecule has 1 aromatic carbocycles. The average Bonchev–Trinajstić information content (AvgIpc) is 3.32. The van der Waals surface area contributed by atoms with Gasteiger partial charge in [0.1, 0.15) is 17.3 Å². The number of hydrogen-bond acceptors (Lipinski definition) is 9. The summed E-state index contributed by atoms with van der Waals surface area (Å²) in [6.45, 7) is 9.54. The Morgan fingerprint density at radius 1 is 1.15 bits per heavy atom. The molecule has 0 aliphatic heterocycles. The van der Waals surface area contributed by atoms with E-state index < -0.39 is 5.91 Å². The van der Waals surface area contributed by atoms with Crippen molar-refractivity contribution >= 4 is 29.9 Å². The second-order valence-corrected chi connectivity index (χ2v) is 8.29. The van der Waals surface area contributed by atoms with E-state index in [-0.39, 0.29) is 5.69 Å². The van der Waals surface area contributed by atoms with Crippen molar-refractivity contribution < 1.29 is 23.7 Å². The van der Waals surface area contributed by atoms with Crippen LogP contribution >= 0.6 is 0 Å². The minimum Gasteiger partial charge on any atom is -0.493 e. The van der Waals surface area contributed by atoms with Gasteiger partial charge in [0.2, 0.25) is 0 Å². The summed E-state index contributed by atoms with van der Waals surface area (Å²) in [4.78, 5) is 25.8. The molecule has 40 heavy (non-hydrogen) atoms. The third-order valence-corrected chi connectivity index (χ3v) is 5.86. The molecular formula is C29H30N6O5. The Morgan fingerprint density at radius 2 is 1.93 bits per heavy atom. The van der Waals surface area contributed by atoms with Crippen molar-refractivity contribution in [1.82, 2.24) is 19.7 Å². The smallest absolute Gasteiger partial charge is 0.281 e. The number of amides is 1. The van der Waals surface area contributed by atoms with Crippen molar-refractivity contribution in [3.63, 3.8) is 0 Å². The molecule has 0 bridgehead atoms. The number of carbonyl (C=O) groups excluding carboxylic acids is 1. The van der Waals surface area contributed by atoms with Gasteiger partial charge in [-0.2, -0.15) is 5.10 Å². The molecule has 4 rings (SSSR count). The molecular weight excluding hydrogens is 512 g/mol. The number of methoxy groups -OCH3 is 2. The minimum atomic E-state index is -0.462. The zero-order chi connectivity index (χ0) is 28.6. The summed E-state index contributed by atoms with van der Waals surface area (Å²) < 4.78 is 24.3. The zero-order valence-corrected chi connectivity index (χ0v) is 23.0. The van der Waals surface area contributed by atoms with Gasteiger partial charge in [-0.3, -0.25) is 14.8 Å². The van der Waals surface area contributed by atoms with Gasteiger partial charge < -0.3 is 24.3 Å². The van der Waals surface area contributed by atoms with Crippen molar-refractivity contribution in [2.75, 3.05) is 26.1 Å². The fraction of sp³-hybridized carbons (Fsp3) is 0.207. The van der Waals surface area contributed by atoms with Crippen LogP contribution in [0.5, 0.6) is 23.0 Å². The van der Waals surface area contributed by atoms with Gasteiger partial charge in [-0.1, -0.05) is 0 Å². The van der Waals surface area contributed by atoms with Crippen molar-refractivity contribution in [1.29, 1.82) is 0 Å². The molecule has 1 amide bonds. The second-order valence-electron chi connectivity index (χ2n) is 8.29. The maximum Gasteiger partial charge on any atom is 0.281 e. The normalized spacial score (nSPS) is 11.1. The summed E-state index contributed by atoms with van der Waals surface area (Å²) in [5.74, 6) is 2.26. The Balaban J connectivity index is 1.54. The molecule has 0 saturated heterocycles. The Hall–Kier alpha value is -5.19. The average molecular weight is 543 g/mol. The SMILES string of the molecule is C=Nc1cc(OC)c(OC)cc1/C(=C\C)Oc1ccc(NC(=O)c2nn(-c3cccnc3)c(C)c2OCC)nc1. The Bertz CT molecular complexity index is 1530. The molecule has 0 atom stereocenters. The van der Waals surface area contributed by atoms with Crippen LogP contribution in [-0.2, 0) is 0 Å². The third kappa shape index (κ3) is 5.78. The lowest BCUT2D eigenvalue weighted by Gasteiger charge is -2.15. The van der Waals surface area contributed by atoms with Crippen LogP contribution in [0, 0.1) is 6.92 Å². The van der Waals surface area contributed by atoms with Gasteiger partial charge in [-0.05, 0) is 63.9 Å². The van der Waals surface area contributed by atoms with Crippen molar-refractivity contribution in [2.45, 2.75) is 20.8 Å². The Kier molecular flexibility index (Phi) is 8.75. The highest BCUT2D eigenvalue weighted by Gasteiger charge is 2.23. The number of aromatic nitrogens is 4. The van der Waals surface area contributed by atoms with Gasteiger partial charge in [0.15, 0.2) is 22.9 Å². The number of carbonyl (C=O) groups is 1. The molecule has 11 nitrogen and oxygen atoms in total. The highest BCUT2D eigenvalue weighted by molar-refractivity contribution is 6.04. The minimum absolute atomic E-state index is 0.138. The molecule has 0 spiro atoms. The maximum atomic E-state index is 13.2. The quantitative estimate of drug-likeness (QED) is 0.197. The molecule has 0 aliphatic carbocycles. The second kappa shape index (κ2) is 12.6. The van der Waals surface area contributed by atoms with E-state index in [4.69, 9.17) is 18.9 Å². The first-order valence-electron chi connectivity index (χ1n) is 12.4. The molecule has 0 saturated carbocycles.